The van der Waals surface area contributed by atoms with Gasteiger partial charge in [-0.15, -0.1) is 0 Å². The maximum atomic E-state index is 8.13. The Morgan fingerprint density at radius 2 is 0.842 bits per heavy atom. The Morgan fingerprint density at radius 3 is 1.24 bits per heavy atom. The molecule has 0 amide bonds. The van der Waals surface area contributed by atoms with Gasteiger partial charge in [0, 0.05) is 54.9 Å². The molecule has 4 aromatic heterocycles. The van der Waals surface area contributed by atoms with Crippen LogP contribution < -0.4 is 21.4 Å². The molecule has 4 N–H and O–H groups in total. The van der Waals surface area contributed by atoms with Crippen LogP contribution >= 0.6 is 0 Å². The molecule has 6 rings (SSSR count). The summed E-state index contributed by atoms with van der Waals surface area (Å²) in [6.07, 6.45) is 8.56. The summed E-state index contributed by atoms with van der Waals surface area (Å²) in [7, 11) is 0. The summed E-state index contributed by atoms with van der Waals surface area (Å²) in [4.78, 5) is 14.0. The van der Waals surface area contributed by atoms with Crippen LogP contribution in [0.1, 0.15) is 22.8 Å². The van der Waals surface area contributed by atoms with Crippen LogP contribution in [0.4, 0.5) is 0 Å². The maximum absolute atomic E-state index is 8.13. The number of benzene rings is 1. The first-order valence-corrected chi connectivity index (χ1v) is 11.5. The highest BCUT2D eigenvalue weighted by Crippen LogP contribution is 2.09. The Labute approximate surface area is 216 Å². The zero-order chi connectivity index (χ0) is 26.5. The number of aromatic amines is 4. The second kappa shape index (κ2) is 10.2. The number of rotatable bonds is 0. The van der Waals surface area contributed by atoms with Gasteiger partial charge in [-0.2, -0.15) is 21.0 Å². The minimum Gasteiger partial charge on any atom is -0.355 e. The second-order valence-electron chi connectivity index (χ2n) is 8.38. The third-order valence-electron chi connectivity index (χ3n) is 5.89. The van der Waals surface area contributed by atoms with Gasteiger partial charge in [-0.25, -0.2) is 0 Å². The van der Waals surface area contributed by atoms with Crippen molar-refractivity contribution < 1.29 is 0 Å². The van der Waals surface area contributed by atoms with Gasteiger partial charge in [-0.05, 0) is 60.7 Å². The average molecular weight is 491 g/mol. The standard InChI is InChI=1S/C24H18N4.C6N4/c1-2-4-22-21(3-1)23-13-19-9-7-17(26-19)11-15-5-6-16(25-15)12-18-8-10-20(27-18)14-24(22)28-23;7-1-5(2-8)6(3-9)4-10/h1-14,25-28H;. The van der Waals surface area contributed by atoms with E-state index in [1.807, 2.05) is 0 Å². The smallest absolute Gasteiger partial charge is 0.158 e. The number of aromatic nitrogens is 4. The zero-order valence-corrected chi connectivity index (χ0v) is 19.9. The fourth-order valence-corrected chi connectivity index (χ4v) is 4.17. The van der Waals surface area contributed by atoms with Gasteiger partial charge >= 0.3 is 0 Å². The molecule has 178 valence electrons. The summed E-state index contributed by atoms with van der Waals surface area (Å²) in [5, 5.41) is 39.3. The van der Waals surface area contributed by atoms with Gasteiger partial charge in [0.05, 0.1) is 0 Å². The zero-order valence-electron chi connectivity index (χ0n) is 19.9. The van der Waals surface area contributed by atoms with Crippen molar-refractivity contribution in [2.45, 2.75) is 0 Å². The van der Waals surface area contributed by atoms with E-state index in [1.54, 1.807) is 0 Å². The van der Waals surface area contributed by atoms with E-state index in [2.05, 4.69) is 105 Å². The number of allylic oxidation sites excluding steroid dienone is 2. The minimum absolute atomic E-state index is 0.440. The van der Waals surface area contributed by atoms with Crippen molar-refractivity contribution in [2.75, 3.05) is 0 Å². The lowest BCUT2D eigenvalue weighted by atomic mass is 10.2. The molecule has 0 atom stereocenters. The lowest BCUT2D eigenvalue weighted by Crippen LogP contribution is -2.11. The summed E-state index contributed by atoms with van der Waals surface area (Å²) in [6, 6.07) is 26.8. The highest BCUT2D eigenvalue weighted by Gasteiger charge is 2.04. The Kier molecular flexibility index (Phi) is 6.30. The van der Waals surface area contributed by atoms with Crippen molar-refractivity contribution in [1.82, 2.24) is 19.9 Å². The van der Waals surface area contributed by atoms with Crippen molar-refractivity contribution in [3.63, 3.8) is 0 Å². The first kappa shape index (κ1) is 23.5. The van der Waals surface area contributed by atoms with Crippen LogP contribution in [0.3, 0.4) is 0 Å². The monoisotopic (exact) mass is 490 g/mol. The van der Waals surface area contributed by atoms with Crippen LogP contribution in [-0.2, 0) is 0 Å². The lowest BCUT2D eigenvalue weighted by molar-refractivity contribution is 1.23. The molecule has 0 radical (unpaired) electrons. The highest BCUT2D eigenvalue weighted by atomic mass is 14.8. The minimum atomic E-state index is -0.440. The van der Waals surface area contributed by atoms with E-state index >= 15 is 0 Å². The molecule has 1 aliphatic heterocycles. The van der Waals surface area contributed by atoms with Crippen LogP contribution in [0.15, 0.2) is 71.8 Å². The fraction of sp³-hybridized carbons (Fsp3) is 0. The molecule has 8 nitrogen and oxygen atoms in total. The molecule has 38 heavy (non-hydrogen) atoms. The Bertz CT molecular complexity index is 1950. The molecule has 0 unspecified atom stereocenters. The number of fused-ring (bicyclic) bond motifs is 11. The van der Waals surface area contributed by atoms with Crippen LogP contribution in [0.25, 0.3) is 35.1 Å². The SMILES string of the molecule is C1=c2ccc([nH]2)=Cc2ccc([nH]2)C=c2[nH]c(c3ccccc23)=Cc2ccc1[nH]2.N#CC(C#N)=C(C#N)C#N. The number of hydrogen-bond acceptors (Lipinski definition) is 4. The molecular formula is C30H18N8. The van der Waals surface area contributed by atoms with E-state index in [1.165, 1.54) is 35.0 Å². The third kappa shape index (κ3) is 4.79. The number of nitrogens with zero attached hydrogens (tertiary/aromatic N) is 4. The van der Waals surface area contributed by atoms with Crippen molar-refractivity contribution in [3.8, 4) is 24.3 Å². The first-order chi connectivity index (χ1) is 18.6. The second-order valence-corrected chi connectivity index (χ2v) is 8.38. The summed E-state index contributed by atoms with van der Waals surface area (Å²) >= 11 is 0. The molecular weight excluding hydrogens is 472 g/mol. The van der Waals surface area contributed by atoms with Crippen LogP contribution in [0.2, 0.25) is 0 Å². The average Bonchev–Trinajstić information content (AvgIpc) is 3.73. The summed E-state index contributed by atoms with van der Waals surface area (Å²) in [5.74, 6) is 0. The Balaban J connectivity index is 0.000000253. The topological polar surface area (TPSA) is 158 Å². The molecule has 5 aromatic rings. The van der Waals surface area contributed by atoms with E-state index < -0.39 is 11.1 Å². The van der Waals surface area contributed by atoms with Crippen molar-refractivity contribution in [1.29, 1.82) is 21.0 Å². The Hall–Kier alpha value is -6.22. The van der Waals surface area contributed by atoms with Crippen LogP contribution in [0, 0.1) is 45.3 Å². The third-order valence-corrected chi connectivity index (χ3v) is 5.89. The summed E-state index contributed by atoms with van der Waals surface area (Å²) in [6.45, 7) is 0. The molecule has 0 fully saturated rings. The van der Waals surface area contributed by atoms with Gasteiger partial charge in [0.15, 0.2) is 11.1 Å². The predicted molar refractivity (Wildman–Crippen MR) is 143 cm³/mol. The van der Waals surface area contributed by atoms with Crippen molar-refractivity contribution >= 4 is 35.1 Å². The van der Waals surface area contributed by atoms with E-state index in [9.17, 15) is 0 Å². The highest BCUT2D eigenvalue weighted by molar-refractivity contribution is 5.85. The fourth-order valence-electron chi connectivity index (χ4n) is 4.17. The quantitative estimate of drug-likeness (QED) is 0.241. The molecule has 0 saturated heterocycles. The summed E-state index contributed by atoms with van der Waals surface area (Å²) in [5.41, 5.74) is 3.39. The van der Waals surface area contributed by atoms with Gasteiger partial charge in [0.25, 0.3) is 0 Å². The molecule has 0 spiro atoms. The van der Waals surface area contributed by atoms with Gasteiger partial charge in [0.1, 0.15) is 24.3 Å². The molecule has 8 bridgehead atoms. The molecule has 0 saturated carbocycles. The first-order valence-electron chi connectivity index (χ1n) is 11.5. The largest absolute Gasteiger partial charge is 0.355 e. The summed E-state index contributed by atoms with van der Waals surface area (Å²) < 4.78 is 0. The predicted octanol–water partition coefficient (Wildman–Crippen LogP) is 2.16. The van der Waals surface area contributed by atoms with Crippen molar-refractivity contribution in [2.24, 2.45) is 0 Å². The lowest BCUT2D eigenvalue weighted by Gasteiger charge is -1.89. The Morgan fingerprint density at radius 1 is 0.447 bits per heavy atom. The molecule has 5 heterocycles. The van der Waals surface area contributed by atoms with Gasteiger partial charge in [0.2, 0.25) is 0 Å². The van der Waals surface area contributed by atoms with Gasteiger partial charge in [-0.3, -0.25) is 0 Å². The number of H-pyrrole nitrogens is 4. The number of hydrogen-bond donors (Lipinski definition) is 4. The molecule has 8 heteroatoms. The molecule has 0 aliphatic carbocycles. The van der Waals surface area contributed by atoms with E-state index in [0.717, 1.165) is 44.2 Å². The van der Waals surface area contributed by atoms with E-state index in [0.29, 0.717) is 0 Å². The number of nitrogens with one attached hydrogen (secondary N) is 4. The number of nitriles is 4. The normalized spacial score (nSPS) is 10.8. The van der Waals surface area contributed by atoms with Crippen LogP contribution in [-0.4, -0.2) is 19.9 Å². The van der Waals surface area contributed by atoms with E-state index in [4.69, 9.17) is 21.0 Å². The molecule has 1 aromatic carbocycles. The van der Waals surface area contributed by atoms with Gasteiger partial charge < -0.3 is 19.9 Å². The van der Waals surface area contributed by atoms with E-state index in [-0.39, 0.29) is 0 Å². The maximum Gasteiger partial charge on any atom is 0.158 e. The van der Waals surface area contributed by atoms with Gasteiger partial charge in [-0.1, -0.05) is 24.3 Å². The van der Waals surface area contributed by atoms with Crippen molar-refractivity contribution in [3.05, 3.63) is 116 Å². The molecule has 1 aliphatic rings. The van der Waals surface area contributed by atoms with Crippen LogP contribution in [0.5, 0.6) is 0 Å².